The van der Waals surface area contributed by atoms with E-state index in [2.05, 4.69) is 25.9 Å². The average Bonchev–Trinajstić information content (AvgIpc) is 3.37. The van der Waals surface area contributed by atoms with Crippen LogP contribution in [-0.2, 0) is 11.2 Å². The van der Waals surface area contributed by atoms with Crippen molar-refractivity contribution in [1.29, 1.82) is 0 Å². The maximum absolute atomic E-state index is 15.0. The lowest BCUT2D eigenvalue weighted by molar-refractivity contribution is 0.0288. The molecule has 0 radical (unpaired) electrons. The second-order valence-electron chi connectivity index (χ2n) is 7.65. The van der Waals surface area contributed by atoms with Crippen LogP contribution < -0.4 is 5.73 Å². The highest BCUT2D eigenvalue weighted by Crippen LogP contribution is 2.39. The lowest BCUT2D eigenvalue weighted by atomic mass is 10.0. The highest BCUT2D eigenvalue weighted by atomic mass is 79.9. The Morgan fingerprint density at radius 2 is 2.13 bits per heavy atom. The number of hydrogen-bond donors (Lipinski definition) is 1. The molecule has 0 spiro atoms. The SMILES string of the molecule is CO[C@@H]1Cc2cc(Br)ccc2[C@@H]1N(C)C(=O)c1cc2c(cc1F)nc(N)c1cncn12. The predicted molar refractivity (Wildman–Crippen MR) is 118 cm³/mol. The number of amides is 1. The van der Waals surface area contributed by atoms with Gasteiger partial charge in [0.05, 0.1) is 41.3 Å². The molecule has 2 aromatic heterocycles. The summed E-state index contributed by atoms with van der Waals surface area (Å²) < 4.78 is 23.4. The van der Waals surface area contributed by atoms with Crippen LogP contribution in [0, 0.1) is 5.82 Å². The third-order valence-corrected chi connectivity index (χ3v) is 6.43. The summed E-state index contributed by atoms with van der Waals surface area (Å²) in [7, 11) is 3.30. The fourth-order valence-electron chi connectivity index (χ4n) is 4.42. The number of benzene rings is 2. The van der Waals surface area contributed by atoms with Crippen LogP contribution in [0.4, 0.5) is 10.2 Å². The normalized spacial score (nSPS) is 17.9. The fraction of sp³-hybridized carbons (Fsp3) is 0.227. The molecule has 1 amide bonds. The van der Waals surface area contributed by atoms with E-state index >= 15 is 4.39 Å². The van der Waals surface area contributed by atoms with Crippen molar-refractivity contribution < 1.29 is 13.9 Å². The minimum Gasteiger partial charge on any atom is -0.382 e. The molecule has 1 aliphatic rings. The van der Waals surface area contributed by atoms with Crippen LogP contribution >= 0.6 is 15.9 Å². The average molecular weight is 484 g/mol. The van der Waals surface area contributed by atoms with Gasteiger partial charge in [-0.1, -0.05) is 22.0 Å². The molecule has 0 saturated heterocycles. The first-order chi connectivity index (χ1) is 14.9. The number of anilines is 1. The van der Waals surface area contributed by atoms with Crippen molar-refractivity contribution in [3.63, 3.8) is 0 Å². The number of fused-ring (bicyclic) bond motifs is 4. The summed E-state index contributed by atoms with van der Waals surface area (Å²) in [5.41, 5.74) is 9.51. The lowest BCUT2D eigenvalue weighted by Gasteiger charge is -2.30. The number of aromatic nitrogens is 3. The number of ether oxygens (including phenoxy) is 1. The van der Waals surface area contributed by atoms with Gasteiger partial charge in [0.25, 0.3) is 5.91 Å². The predicted octanol–water partition coefficient (Wildman–Crippen LogP) is 3.75. The van der Waals surface area contributed by atoms with Gasteiger partial charge in [-0.15, -0.1) is 0 Å². The van der Waals surface area contributed by atoms with Gasteiger partial charge < -0.3 is 15.4 Å². The van der Waals surface area contributed by atoms with Gasteiger partial charge in [0.2, 0.25) is 0 Å². The number of nitrogens with zero attached hydrogens (tertiary/aromatic N) is 4. The number of methoxy groups -OCH3 is 1. The van der Waals surface area contributed by atoms with Crippen molar-refractivity contribution in [3.05, 3.63) is 69.8 Å². The molecule has 1 aliphatic carbocycles. The highest BCUT2D eigenvalue weighted by molar-refractivity contribution is 9.10. The van der Waals surface area contributed by atoms with Crippen LogP contribution in [0.25, 0.3) is 16.6 Å². The minimum atomic E-state index is -0.654. The second kappa shape index (κ2) is 7.28. The van der Waals surface area contributed by atoms with Crippen molar-refractivity contribution in [2.45, 2.75) is 18.6 Å². The Morgan fingerprint density at radius 3 is 2.90 bits per heavy atom. The van der Waals surface area contributed by atoms with Crippen molar-refractivity contribution in [2.75, 3.05) is 19.9 Å². The van der Waals surface area contributed by atoms with E-state index in [1.807, 2.05) is 18.2 Å². The fourth-order valence-corrected chi connectivity index (χ4v) is 4.82. The van der Waals surface area contributed by atoms with E-state index in [4.69, 9.17) is 10.5 Å². The summed E-state index contributed by atoms with van der Waals surface area (Å²) in [6.07, 6.45) is 3.60. The lowest BCUT2D eigenvalue weighted by Crippen LogP contribution is -2.37. The molecule has 0 fully saturated rings. The molecule has 5 rings (SSSR count). The van der Waals surface area contributed by atoms with E-state index in [9.17, 15) is 4.79 Å². The van der Waals surface area contributed by atoms with Crippen molar-refractivity contribution in [3.8, 4) is 0 Å². The Hall–Kier alpha value is -3.04. The molecule has 2 heterocycles. The Kier molecular flexibility index (Phi) is 4.67. The second-order valence-corrected chi connectivity index (χ2v) is 8.56. The van der Waals surface area contributed by atoms with Gasteiger partial charge in [0, 0.05) is 31.1 Å². The molecule has 0 saturated carbocycles. The molecule has 0 bridgehead atoms. The molecular weight excluding hydrogens is 465 g/mol. The van der Waals surface area contributed by atoms with Crippen LogP contribution in [0.15, 0.2) is 47.3 Å². The first kappa shape index (κ1) is 19.9. The summed E-state index contributed by atoms with van der Waals surface area (Å²) in [6.45, 7) is 0. The number of halogens is 2. The van der Waals surface area contributed by atoms with Crippen LogP contribution in [0.3, 0.4) is 0 Å². The van der Waals surface area contributed by atoms with Crippen LogP contribution in [0.2, 0.25) is 0 Å². The number of hydrogen-bond acceptors (Lipinski definition) is 5. The minimum absolute atomic E-state index is 0.0445. The van der Waals surface area contributed by atoms with E-state index in [0.29, 0.717) is 23.0 Å². The number of likely N-dealkylation sites (N-methyl/N-ethyl adjacent to an activating group) is 1. The molecule has 0 unspecified atom stereocenters. The smallest absolute Gasteiger partial charge is 0.257 e. The van der Waals surface area contributed by atoms with E-state index in [1.165, 1.54) is 12.1 Å². The number of rotatable bonds is 3. The van der Waals surface area contributed by atoms with Gasteiger partial charge in [-0.05, 0) is 29.3 Å². The molecule has 7 nitrogen and oxygen atoms in total. The number of carbonyl (C=O) groups is 1. The standard InChI is InChI=1S/C22H19BrFN5O2/c1-28(20-13-4-3-12(23)5-11(13)6-19(20)31-2)22(30)14-7-17-16(8-15(14)24)27-21(25)18-9-26-10-29(17)18/h3-5,7-10,19-20H,6H2,1-2H3,(H2,25,27)/t19-,20+/m1/s1. The maximum Gasteiger partial charge on any atom is 0.257 e. The molecule has 0 aliphatic heterocycles. The molecule has 4 aromatic rings. The first-order valence-corrected chi connectivity index (χ1v) is 10.5. The van der Waals surface area contributed by atoms with E-state index in [-0.39, 0.29) is 23.5 Å². The first-order valence-electron chi connectivity index (χ1n) is 9.68. The topological polar surface area (TPSA) is 85.8 Å². The summed E-state index contributed by atoms with van der Waals surface area (Å²) in [5, 5.41) is 0. The summed E-state index contributed by atoms with van der Waals surface area (Å²) in [4.78, 5) is 23.3. The maximum atomic E-state index is 15.0. The zero-order chi connectivity index (χ0) is 21.9. The van der Waals surface area contributed by atoms with Gasteiger partial charge >= 0.3 is 0 Å². The molecule has 2 aromatic carbocycles. The number of nitrogen functional groups attached to an aromatic ring is 1. The van der Waals surface area contributed by atoms with E-state index < -0.39 is 11.7 Å². The number of imidazole rings is 1. The molecule has 9 heteroatoms. The van der Waals surface area contributed by atoms with Crippen molar-refractivity contribution in [1.82, 2.24) is 19.3 Å². The Balaban J connectivity index is 1.60. The van der Waals surface area contributed by atoms with Crippen LogP contribution in [0.5, 0.6) is 0 Å². The largest absolute Gasteiger partial charge is 0.382 e. The van der Waals surface area contributed by atoms with Crippen LogP contribution in [-0.4, -0.2) is 45.4 Å². The summed E-state index contributed by atoms with van der Waals surface area (Å²) in [5.74, 6) is -0.844. The van der Waals surface area contributed by atoms with Gasteiger partial charge in [-0.25, -0.2) is 14.4 Å². The molecule has 2 N–H and O–H groups in total. The zero-order valence-corrected chi connectivity index (χ0v) is 18.4. The molecule has 31 heavy (non-hydrogen) atoms. The third-order valence-electron chi connectivity index (χ3n) is 5.93. The van der Waals surface area contributed by atoms with E-state index in [1.54, 1.807) is 36.0 Å². The van der Waals surface area contributed by atoms with E-state index in [0.717, 1.165) is 15.6 Å². The number of nitrogens with two attached hydrogens (primary N) is 1. The van der Waals surface area contributed by atoms with Gasteiger partial charge in [0.15, 0.2) is 0 Å². The molecule has 2 atom stereocenters. The van der Waals surface area contributed by atoms with Crippen molar-refractivity contribution in [2.24, 2.45) is 0 Å². The summed E-state index contributed by atoms with van der Waals surface area (Å²) in [6, 6.07) is 8.36. The highest BCUT2D eigenvalue weighted by Gasteiger charge is 2.38. The van der Waals surface area contributed by atoms with Gasteiger partial charge in [-0.2, -0.15) is 0 Å². The quantitative estimate of drug-likeness (QED) is 0.479. The Labute approximate surface area is 185 Å². The van der Waals surface area contributed by atoms with Crippen LogP contribution in [0.1, 0.15) is 27.5 Å². The summed E-state index contributed by atoms with van der Waals surface area (Å²) >= 11 is 3.49. The molecular formula is C22H19BrFN5O2. The molecule has 158 valence electrons. The monoisotopic (exact) mass is 483 g/mol. The third kappa shape index (κ3) is 3.07. The van der Waals surface area contributed by atoms with Gasteiger partial charge in [0.1, 0.15) is 17.2 Å². The zero-order valence-electron chi connectivity index (χ0n) is 16.8. The van der Waals surface area contributed by atoms with Gasteiger partial charge in [-0.3, -0.25) is 9.20 Å². The van der Waals surface area contributed by atoms with Crippen molar-refractivity contribution >= 4 is 44.2 Å². The Bertz CT molecular complexity index is 1350. The number of carbonyl (C=O) groups excluding carboxylic acids is 1. The Morgan fingerprint density at radius 1 is 1.32 bits per heavy atom.